The van der Waals surface area contributed by atoms with Gasteiger partial charge in [-0.25, -0.2) is 9.59 Å². The highest BCUT2D eigenvalue weighted by Gasteiger charge is 2.43. The first-order valence-corrected chi connectivity index (χ1v) is 8.18. The third-order valence-corrected chi connectivity index (χ3v) is 4.21. The standard InChI is InChI=1S/C12H22N2O4S/c1-9-4-3-5-12(8-9,10(15)16)14-11(17)13-6-7-19(2)18/h9H,3-8H2,1-2H3,(H,15,16)(H2,13,14,17). The van der Waals surface area contributed by atoms with Crippen molar-refractivity contribution in [2.45, 2.75) is 38.1 Å². The summed E-state index contributed by atoms with van der Waals surface area (Å²) in [6.07, 6.45) is 4.26. The highest BCUT2D eigenvalue weighted by atomic mass is 32.2. The van der Waals surface area contributed by atoms with E-state index in [1.165, 1.54) is 0 Å². The Hall–Kier alpha value is -1.11. The highest BCUT2D eigenvalue weighted by molar-refractivity contribution is 7.84. The number of aliphatic carboxylic acids is 1. The molecule has 0 aromatic heterocycles. The zero-order valence-electron chi connectivity index (χ0n) is 11.4. The first kappa shape index (κ1) is 15.9. The number of carboxylic acids is 1. The maximum absolute atomic E-state index is 11.7. The molecule has 0 saturated heterocycles. The molecule has 110 valence electrons. The van der Waals surface area contributed by atoms with Crippen LogP contribution in [-0.2, 0) is 15.6 Å². The third kappa shape index (κ3) is 4.81. The second-order valence-electron chi connectivity index (χ2n) is 5.25. The molecule has 3 N–H and O–H groups in total. The van der Waals surface area contributed by atoms with Gasteiger partial charge in [0, 0.05) is 29.4 Å². The molecule has 0 spiro atoms. The number of carboxylic acid groups (broad SMARTS) is 1. The Kier molecular flexibility index (Phi) is 5.78. The quantitative estimate of drug-likeness (QED) is 0.694. The van der Waals surface area contributed by atoms with Gasteiger partial charge in [-0.1, -0.05) is 19.8 Å². The van der Waals surface area contributed by atoms with Crippen LogP contribution in [0.2, 0.25) is 0 Å². The van der Waals surface area contributed by atoms with Crippen LogP contribution in [0.4, 0.5) is 4.79 Å². The van der Waals surface area contributed by atoms with Crippen molar-refractivity contribution in [1.29, 1.82) is 0 Å². The van der Waals surface area contributed by atoms with Crippen LogP contribution in [0.5, 0.6) is 0 Å². The smallest absolute Gasteiger partial charge is 0.329 e. The average molecular weight is 290 g/mol. The van der Waals surface area contributed by atoms with Gasteiger partial charge in [0.25, 0.3) is 0 Å². The predicted molar refractivity (Wildman–Crippen MR) is 73.5 cm³/mol. The second-order valence-corrected chi connectivity index (χ2v) is 6.80. The van der Waals surface area contributed by atoms with Crippen molar-refractivity contribution < 1.29 is 18.9 Å². The summed E-state index contributed by atoms with van der Waals surface area (Å²) >= 11 is 0. The van der Waals surface area contributed by atoms with Gasteiger partial charge in [0.15, 0.2) is 0 Å². The number of amides is 2. The topological polar surface area (TPSA) is 95.5 Å². The lowest BCUT2D eigenvalue weighted by molar-refractivity contribution is -0.146. The molecule has 0 radical (unpaired) electrons. The van der Waals surface area contributed by atoms with Gasteiger partial charge in [0.05, 0.1) is 0 Å². The van der Waals surface area contributed by atoms with Crippen LogP contribution in [0.3, 0.4) is 0 Å². The number of carbonyl (C=O) groups excluding carboxylic acids is 1. The van der Waals surface area contributed by atoms with E-state index >= 15 is 0 Å². The van der Waals surface area contributed by atoms with Crippen molar-refractivity contribution in [2.24, 2.45) is 5.92 Å². The zero-order chi connectivity index (χ0) is 14.5. The number of hydrogen-bond donors (Lipinski definition) is 3. The fourth-order valence-corrected chi connectivity index (χ4v) is 2.87. The summed E-state index contributed by atoms with van der Waals surface area (Å²) in [6.45, 7) is 2.27. The number of nitrogens with one attached hydrogen (secondary N) is 2. The first-order valence-electron chi connectivity index (χ1n) is 6.45. The maximum atomic E-state index is 11.7. The Morgan fingerprint density at radius 3 is 2.68 bits per heavy atom. The van der Waals surface area contributed by atoms with E-state index in [4.69, 9.17) is 0 Å². The van der Waals surface area contributed by atoms with Gasteiger partial charge in [0.2, 0.25) is 0 Å². The molecule has 1 fully saturated rings. The summed E-state index contributed by atoms with van der Waals surface area (Å²) in [5.41, 5.74) is -1.16. The first-order chi connectivity index (χ1) is 8.85. The van der Waals surface area contributed by atoms with Gasteiger partial charge in [-0.15, -0.1) is 0 Å². The van der Waals surface area contributed by atoms with Crippen LogP contribution in [0, 0.1) is 5.92 Å². The van der Waals surface area contributed by atoms with E-state index in [9.17, 15) is 18.9 Å². The third-order valence-electron chi connectivity index (χ3n) is 3.43. The van der Waals surface area contributed by atoms with Crippen LogP contribution >= 0.6 is 0 Å². The van der Waals surface area contributed by atoms with Gasteiger partial charge in [-0.3, -0.25) is 4.21 Å². The van der Waals surface area contributed by atoms with Crippen LogP contribution in [0.1, 0.15) is 32.6 Å². The molecule has 1 aliphatic rings. The Labute approximate surface area is 115 Å². The van der Waals surface area contributed by atoms with Crippen molar-refractivity contribution in [2.75, 3.05) is 18.6 Å². The van der Waals surface area contributed by atoms with E-state index in [0.717, 1.165) is 12.8 Å². The van der Waals surface area contributed by atoms with Gasteiger partial charge in [-0.05, 0) is 18.8 Å². The summed E-state index contributed by atoms with van der Waals surface area (Å²) in [4.78, 5) is 23.2. The molecule has 0 aromatic rings. The summed E-state index contributed by atoms with van der Waals surface area (Å²) in [5, 5.41) is 14.5. The fraction of sp³-hybridized carbons (Fsp3) is 0.833. The molecule has 3 atom stereocenters. The van der Waals surface area contributed by atoms with Gasteiger partial charge >= 0.3 is 12.0 Å². The zero-order valence-corrected chi connectivity index (χ0v) is 12.2. The molecule has 19 heavy (non-hydrogen) atoms. The van der Waals surface area contributed by atoms with E-state index in [1.807, 2.05) is 6.92 Å². The van der Waals surface area contributed by atoms with E-state index in [-0.39, 0.29) is 12.5 Å². The van der Waals surface area contributed by atoms with Crippen molar-refractivity contribution in [3.05, 3.63) is 0 Å². The molecule has 0 aromatic carbocycles. The summed E-state index contributed by atoms with van der Waals surface area (Å²) in [5.74, 6) is -0.328. The number of urea groups is 1. The van der Waals surface area contributed by atoms with Crippen LogP contribution in [0.25, 0.3) is 0 Å². The lowest BCUT2D eigenvalue weighted by Crippen LogP contribution is -2.59. The lowest BCUT2D eigenvalue weighted by atomic mass is 9.76. The number of hydrogen-bond acceptors (Lipinski definition) is 3. The van der Waals surface area contributed by atoms with E-state index < -0.39 is 28.3 Å². The Morgan fingerprint density at radius 1 is 1.47 bits per heavy atom. The molecular formula is C12H22N2O4S. The largest absolute Gasteiger partial charge is 0.480 e. The summed E-state index contributed by atoms with van der Waals surface area (Å²) < 4.78 is 10.9. The highest BCUT2D eigenvalue weighted by Crippen LogP contribution is 2.32. The molecule has 0 bridgehead atoms. The molecule has 1 saturated carbocycles. The summed E-state index contributed by atoms with van der Waals surface area (Å²) in [6, 6.07) is -0.498. The van der Waals surface area contributed by atoms with E-state index in [1.54, 1.807) is 6.26 Å². The average Bonchev–Trinajstić information content (AvgIpc) is 2.27. The van der Waals surface area contributed by atoms with E-state index in [0.29, 0.717) is 18.6 Å². The van der Waals surface area contributed by atoms with Crippen molar-refractivity contribution in [3.63, 3.8) is 0 Å². The molecule has 6 nitrogen and oxygen atoms in total. The number of carbonyl (C=O) groups is 2. The molecule has 2 amide bonds. The molecule has 0 heterocycles. The molecule has 7 heteroatoms. The maximum Gasteiger partial charge on any atom is 0.329 e. The molecule has 1 rings (SSSR count). The Balaban J connectivity index is 2.56. The van der Waals surface area contributed by atoms with Crippen molar-refractivity contribution in [1.82, 2.24) is 10.6 Å². The second kappa shape index (κ2) is 6.88. The minimum Gasteiger partial charge on any atom is -0.480 e. The number of rotatable bonds is 5. The Bertz CT molecular complexity index is 375. The van der Waals surface area contributed by atoms with Gasteiger partial charge < -0.3 is 15.7 Å². The van der Waals surface area contributed by atoms with Gasteiger partial charge in [0.1, 0.15) is 5.54 Å². The minimum absolute atomic E-state index is 0.278. The van der Waals surface area contributed by atoms with Crippen molar-refractivity contribution >= 4 is 22.8 Å². The predicted octanol–water partition coefficient (Wildman–Crippen LogP) is 0.698. The van der Waals surface area contributed by atoms with Crippen LogP contribution < -0.4 is 10.6 Å². The SMILES string of the molecule is CC1CCCC(NC(=O)NCCS(C)=O)(C(=O)O)C1. The van der Waals surface area contributed by atoms with Crippen LogP contribution in [-0.4, -0.2) is 45.4 Å². The molecule has 1 aliphatic carbocycles. The molecule has 0 aliphatic heterocycles. The van der Waals surface area contributed by atoms with Gasteiger partial charge in [-0.2, -0.15) is 0 Å². The summed E-state index contributed by atoms with van der Waals surface area (Å²) in [7, 11) is -0.972. The van der Waals surface area contributed by atoms with Crippen LogP contribution in [0.15, 0.2) is 0 Å². The monoisotopic (exact) mass is 290 g/mol. The lowest BCUT2D eigenvalue weighted by Gasteiger charge is -2.36. The molecular weight excluding hydrogens is 268 g/mol. The normalized spacial score (nSPS) is 28.4. The minimum atomic E-state index is -1.16. The Morgan fingerprint density at radius 2 is 2.16 bits per heavy atom. The van der Waals surface area contributed by atoms with Crippen molar-refractivity contribution in [3.8, 4) is 0 Å². The molecule has 3 unspecified atom stereocenters. The van der Waals surface area contributed by atoms with E-state index in [2.05, 4.69) is 10.6 Å². The fourth-order valence-electron chi connectivity index (χ4n) is 2.48.